The SMILES string of the molecule is COc1ccc(S(=O)(=O)N(CCc2ccccc2)CC(=O)N2c3ccccc3C[C@H]2C)cc1OC. The molecule has 3 aromatic carbocycles. The Morgan fingerprint density at radius 1 is 0.971 bits per heavy atom. The van der Waals surface area contributed by atoms with Gasteiger partial charge in [-0.3, -0.25) is 4.79 Å². The van der Waals surface area contributed by atoms with Crippen molar-refractivity contribution in [3.05, 3.63) is 83.9 Å². The van der Waals surface area contributed by atoms with Gasteiger partial charge in [-0.05, 0) is 49.1 Å². The number of nitrogens with zero attached hydrogens (tertiary/aromatic N) is 2. The number of rotatable bonds is 9. The lowest BCUT2D eigenvalue weighted by Gasteiger charge is -2.28. The maximum atomic E-state index is 13.8. The predicted molar refractivity (Wildman–Crippen MR) is 136 cm³/mol. The third-order valence-electron chi connectivity index (χ3n) is 6.27. The Kier molecular flexibility index (Phi) is 7.42. The van der Waals surface area contributed by atoms with Gasteiger partial charge in [0.05, 0.1) is 25.7 Å². The lowest BCUT2D eigenvalue weighted by molar-refractivity contribution is -0.119. The average Bonchev–Trinajstić information content (AvgIpc) is 3.22. The van der Waals surface area contributed by atoms with E-state index in [4.69, 9.17) is 9.47 Å². The van der Waals surface area contributed by atoms with Gasteiger partial charge in [-0.2, -0.15) is 4.31 Å². The zero-order chi connectivity index (χ0) is 25.0. The van der Waals surface area contributed by atoms with Crippen molar-refractivity contribution in [2.75, 3.05) is 32.2 Å². The summed E-state index contributed by atoms with van der Waals surface area (Å²) in [6.07, 6.45) is 1.22. The molecule has 184 valence electrons. The molecule has 0 saturated heterocycles. The van der Waals surface area contributed by atoms with Crippen molar-refractivity contribution in [1.82, 2.24) is 4.31 Å². The molecule has 0 aromatic heterocycles. The van der Waals surface area contributed by atoms with Crippen LogP contribution in [0.25, 0.3) is 0 Å². The normalized spacial score (nSPS) is 15.2. The zero-order valence-electron chi connectivity index (χ0n) is 20.2. The van der Waals surface area contributed by atoms with E-state index in [1.807, 2.05) is 61.5 Å². The van der Waals surface area contributed by atoms with Crippen LogP contribution in [0, 0.1) is 0 Å². The first-order valence-corrected chi connectivity index (χ1v) is 12.9. The van der Waals surface area contributed by atoms with Crippen LogP contribution in [0.5, 0.6) is 11.5 Å². The minimum Gasteiger partial charge on any atom is -0.493 e. The van der Waals surface area contributed by atoms with Crippen LogP contribution < -0.4 is 14.4 Å². The molecule has 0 unspecified atom stereocenters. The Labute approximate surface area is 206 Å². The van der Waals surface area contributed by atoms with E-state index in [0.717, 1.165) is 23.2 Å². The van der Waals surface area contributed by atoms with Crippen molar-refractivity contribution in [3.8, 4) is 11.5 Å². The Morgan fingerprint density at radius 2 is 1.66 bits per heavy atom. The fourth-order valence-corrected chi connectivity index (χ4v) is 5.89. The molecule has 3 aromatic rings. The third kappa shape index (κ3) is 5.18. The number of sulfonamides is 1. The van der Waals surface area contributed by atoms with Crippen LogP contribution in [0.4, 0.5) is 5.69 Å². The first kappa shape index (κ1) is 24.8. The van der Waals surface area contributed by atoms with Gasteiger partial charge in [-0.25, -0.2) is 8.42 Å². The molecule has 0 radical (unpaired) electrons. The molecule has 8 heteroatoms. The molecule has 7 nitrogen and oxygen atoms in total. The van der Waals surface area contributed by atoms with Crippen LogP contribution in [-0.4, -0.2) is 52.0 Å². The van der Waals surface area contributed by atoms with Gasteiger partial charge < -0.3 is 14.4 Å². The monoisotopic (exact) mass is 494 g/mol. The van der Waals surface area contributed by atoms with Crippen molar-refractivity contribution in [2.24, 2.45) is 0 Å². The first-order valence-electron chi connectivity index (χ1n) is 11.5. The van der Waals surface area contributed by atoms with Crippen molar-refractivity contribution in [3.63, 3.8) is 0 Å². The molecule has 0 spiro atoms. The lowest BCUT2D eigenvalue weighted by Crippen LogP contribution is -2.45. The van der Waals surface area contributed by atoms with Crippen LogP contribution in [-0.2, 0) is 27.7 Å². The van der Waals surface area contributed by atoms with E-state index in [-0.39, 0.29) is 29.9 Å². The number of benzene rings is 3. The highest BCUT2D eigenvalue weighted by Crippen LogP contribution is 2.33. The summed E-state index contributed by atoms with van der Waals surface area (Å²) in [6, 6.07) is 21.8. The van der Waals surface area contributed by atoms with Crippen molar-refractivity contribution in [1.29, 1.82) is 0 Å². The summed E-state index contributed by atoms with van der Waals surface area (Å²) >= 11 is 0. The van der Waals surface area contributed by atoms with Crippen LogP contribution >= 0.6 is 0 Å². The van der Waals surface area contributed by atoms with Crippen LogP contribution in [0.3, 0.4) is 0 Å². The van der Waals surface area contributed by atoms with Gasteiger partial charge in [0, 0.05) is 24.3 Å². The second-order valence-electron chi connectivity index (χ2n) is 8.54. The number of methoxy groups -OCH3 is 2. The van der Waals surface area contributed by atoms with E-state index >= 15 is 0 Å². The van der Waals surface area contributed by atoms with Crippen molar-refractivity contribution < 1.29 is 22.7 Å². The van der Waals surface area contributed by atoms with Crippen molar-refractivity contribution >= 4 is 21.6 Å². The fourth-order valence-electron chi connectivity index (χ4n) is 4.48. The summed E-state index contributed by atoms with van der Waals surface area (Å²) in [5.74, 6) is 0.491. The van der Waals surface area contributed by atoms with E-state index < -0.39 is 10.0 Å². The molecule has 0 aliphatic carbocycles. The van der Waals surface area contributed by atoms with Crippen LogP contribution in [0.15, 0.2) is 77.7 Å². The van der Waals surface area contributed by atoms with E-state index in [1.165, 1.54) is 30.7 Å². The molecule has 0 bridgehead atoms. The fraction of sp³-hybridized carbons (Fsp3) is 0.296. The van der Waals surface area contributed by atoms with Gasteiger partial charge in [0.15, 0.2) is 11.5 Å². The number of ether oxygens (including phenoxy) is 2. The van der Waals surface area contributed by atoms with Crippen molar-refractivity contribution in [2.45, 2.75) is 30.7 Å². The molecule has 4 rings (SSSR count). The summed E-state index contributed by atoms with van der Waals surface area (Å²) in [4.78, 5) is 15.3. The van der Waals surface area contributed by atoms with Gasteiger partial charge >= 0.3 is 0 Å². The summed E-state index contributed by atoms with van der Waals surface area (Å²) in [5.41, 5.74) is 2.93. The number of hydrogen-bond donors (Lipinski definition) is 0. The number of fused-ring (bicyclic) bond motifs is 1. The summed E-state index contributed by atoms with van der Waals surface area (Å²) in [6.45, 7) is 1.88. The van der Waals surface area contributed by atoms with E-state index in [1.54, 1.807) is 11.0 Å². The molecule has 1 heterocycles. The number of carbonyl (C=O) groups is 1. The average molecular weight is 495 g/mol. The van der Waals surface area contributed by atoms with Gasteiger partial charge in [0.2, 0.25) is 15.9 Å². The smallest absolute Gasteiger partial charge is 0.243 e. The molecule has 35 heavy (non-hydrogen) atoms. The molecule has 1 aliphatic rings. The molecule has 0 N–H and O–H groups in total. The molecular formula is C27H30N2O5S. The van der Waals surface area contributed by atoms with Crippen LogP contribution in [0.1, 0.15) is 18.1 Å². The van der Waals surface area contributed by atoms with E-state index in [2.05, 4.69) is 0 Å². The maximum Gasteiger partial charge on any atom is 0.243 e. The third-order valence-corrected chi connectivity index (χ3v) is 8.11. The predicted octanol–water partition coefficient (Wildman–Crippen LogP) is 3.92. The van der Waals surface area contributed by atoms with Gasteiger partial charge in [-0.15, -0.1) is 0 Å². The summed E-state index contributed by atoms with van der Waals surface area (Å²) in [7, 11) is -1.05. The van der Waals surface area contributed by atoms with Gasteiger partial charge in [0.25, 0.3) is 0 Å². The molecule has 1 atom stereocenters. The number of hydrogen-bond acceptors (Lipinski definition) is 5. The van der Waals surface area contributed by atoms with Gasteiger partial charge in [0.1, 0.15) is 0 Å². The molecule has 1 amide bonds. The lowest BCUT2D eigenvalue weighted by atomic mass is 10.1. The Bertz CT molecular complexity index is 1290. The highest BCUT2D eigenvalue weighted by Gasteiger charge is 2.34. The number of amides is 1. The second-order valence-corrected chi connectivity index (χ2v) is 10.5. The summed E-state index contributed by atoms with van der Waals surface area (Å²) < 4.78 is 39.3. The van der Waals surface area contributed by atoms with Crippen LogP contribution in [0.2, 0.25) is 0 Å². The highest BCUT2D eigenvalue weighted by molar-refractivity contribution is 7.89. The van der Waals surface area contributed by atoms with E-state index in [9.17, 15) is 13.2 Å². The second kappa shape index (κ2) is 10.5. The van der Waals surface area contributed by atoms with Gasteiger partial charge in [-0.1, -0.05) is 48.5 Å². The first-order chi connectivity index (χ1) is 16.8. The standard InChI is InChI=1S/C27H30N2O5S/c1-20-17-22-11-7-8-12-24(22)29(20)27(30)19-28(16-15-21-9-5-4-6-10-21)35(31,32)23-13-14-25(33-2)26(18-23)34-3/h4-14,18,20H,15-17,19H2,1-3H3/t20-/m1/s1. The minimum atomic E-state index is -4.00. The summed E-state index contributed by atoms with van der Waals surface area (Å²) in [5, 5.41) is 0. The molecule has 0 saturated carbocycles. The topological polar surface area (TPSA) is 76.2 Å². The number of carbonyl (C=O) groups excluding carboxylic acids is 1. The molecular weight excluding hydrogens is 464 g/mol. The zero-order valence-corrected chi connectivity index (χ0v) is 21.0. The Hall–Kier alpha value is -3.36. The molecule has 1 aliphatic heterocycles. The number of para-hydroxylation sites is 1. The molecule has 0 fully saturated rings. The minimum absolute atomic E-state index is 0.0420. The largest absolute Gasteiger partial charge is 0.493 e. The highest BCUT2D eigenvalue weighted by atomic mass is 32.2. The Balaban J connectivity index is 1.65. The number of anilines is 1. The van der Waals surface area contributed by atoms with E-state index in [0.29, 0.717) is 17.9 Å². The quantitative estimate of drug-likeness (QED) is 0.451. The Morgan fingerprint density at radius 3 is 2.37 bits per heavy atom. The maximum absolute atomic E-state index is 13.8.